The van der Waals surface area contributed by atoms with Crippen molar-refractivity contribution in [3.63, 3.8) is 0 Å². The minimum Gasteiger partial charge on any atom is -0.354 e. The first kappa shape index (κ1) is 21.8. The lowest BCUT2D eigenvalue weighted by molar-refractivity contribution is -0.121. The Balaban J connectivity index is 1.90. The first-order valence-corrected chi connectivity index (χ1v) is 10.8. The van der Waals surface area contributed by atoms with Gasteiger partial charge in [0.2, 0.25) is 11.7 Å². The number of nitrogens with zero attached hydrogens (tertiary/aromatic N) is 4. The number of hydrogen-bond donors (Lipinski definition) is 1. The molecular formula is C23H24ClN5O3. The summed E-state index contributed by atoms with van der Waals surface area (Å²) in [6, 6.07) is 12.5. The topological polar surface area (TPSA) is 90.4 Å². The molecule has 0 radical (unpaired) electrons. The molecule has 4 rings (SSSR count). The molecule has 0 fully saturated rings. The second kappa shape index (κ2) is 8.63. The molecule has 0 bridgehead atoms. The summed E-state index contributed by atoms with van der Waals surface area (Å²) < 4.78 is 4.12. The van der Waals surface area contributed by atoms with Crippen molar-refractivity contribution in [3.05, 3.63) is 79.5 Å². The molecule has 8 nitrogen and oxygen atoms in total. The fourth-order valence-corrected chi connectivity index (χ4v) is 3.93. The summed E-state index contributed by atoms with van der Waals surface area (Å²) in [5.74, 6) is 0.0127. The third-order valence-electron chi connectivity index (χ3n) is 5.33. The normalized spacial score (nSPS) is 11.5. The minimum absolute atomic E-state index is 0.00871. The van der Waals surface area contributed by atoms with Gasteiger partial charge in [-0.25, -0.2) is 13.9 Å². The van der Waals surface area contributed by atoms with Crippen LogP contribution in [0.5, 0.6) is 0 Å². The number of aryl methyl sites for hydroxylation is 2. The van der Waals surface area contributed by atoms with E-state index in [-0.39, 0.29) is 48.5 Å². The Hall–Kier alpha value is -3.39. The largest absolute Gasteiger partial charge is 0.354 e. The Kier molecular flexibility index (Phi) is 5.88. The molecule has 0 unspecified atom stereocenters. The molecule has 0 aliphatic rings. The quantitative estimate of drug-likeness (QED) is 0.486. The Bertz CT molecular complexity index is 1450. The molecule has 1 N–H and O–H groups in total. The average molecular weight is 454 g/mol. The van der Waals surface area contributed by atoms with E-state index in [1.54, 1.807) is 12.1 Å². The second-order valence-electron chi connectivity index (χ2n) is 8.09. The minimum atomic E-state index is -0.365. The molecular weight excluding hydrogens is 430 g/mol. The zero-order chi connectivity index (χ0) is 23.0. The Labute approximate surface area is 189 Å². The van der Waals surface area contributed by atoms with E-state index in [9.17, 15) is 14.4 Å². The maximum Gasteiger partial charge on any atom is 0.352 e. The number of carbonyl (C=O) groups is 1. The summed E-state index contributed by atoms with van der Waals surface area (Å²) in [6.07, 6.45) is 0.0820. The van der Waals surface area contributed by atoms with E-state index in [0.717, 1.165) is 11.1 Å². The molecule has 166 valence electrons. The van der Waals surface area contributed by atoms with Gasteiger partial charge in [0, 0.05) is 24.0 Å². The number of nitrogens with one attached hydrogen (secondary N) is 1. The highest BCUT2D eigenvalue weighted by Crippen LogP contribution is 2.17. The van der Waals surface area contributed by atoms with Gasteiger partial charge in [-0.3, -0.25) is 14.2 Å². The third kappa shape index (κ3) is 4.05. The van der Waals surface area contributed by atoms with Gasteiger partial charge >= 0.3 is 5.69 Å². The average Bonchev–Trinajstić information content (AvgIpc) is 3.05. The van der Waals surface area contributed by atoms with E-state index < -0.39 is 0 Å². The van der Waals surface area contributed by atoms with Gasteiger partial charge in [0.25, 0.3) is 5.56 Å². The molecule has 1 amide bonds. The lowest BCUT2D eigenvalue weighted by Gasteiger charge is -2.11. The van der Waals surface area contributed by atoms with E-state index in [1.807, 2.05) is 45.0 Å². The van der Waals surface area contributed by atoms with Crippen LogP contribution < -0.4 is 16.6 Å². The van der Waals surface area contributed by atoms with Crippen LogP contribution in [0, 0.1) is 6.92 Å². The molecule has 4 aromatic rings. The van der Waals surface area contributed by atoms with Crippen LogP contribution >= 0.6 is 11.6 Å². The monoisotopic (exact) mass is 453 g/mol. The summed E-state index contributed by atoms with van der Waals surface area (Å²) >= 11 is 6.13. The molecule has 2 aromatic heterocycles. The number of halogens is 1. The number of benzene rings is 2. The Morgan fingerprint density at radius 3 is 2.62 bits per heavy atom. The molecule has 9 heteroatoms. The zero-order valence-corrected chi connectivity index (χ0v) is 18.9. The maximum absolute atomic E-state index is 13.3. The van der Waals surface area contributed by atoms with Gasteiger partial charge in [-0.15, -0.1) is 5.10 Å². The van der Waals surface area contributed by atoms with Crippen molar-refractivity contribution in [2.24, 2.45) is 0 Å². The number of fused-ring (bicyclic) bond motifs is 3. The molecule has 0 aliphatic carbocycles. The molecule has 2 heterocycles. The molecule has 0 spiro atoms. The van der Waals surface area contributed by atoms with Crippen molar-refractivity contribution in [2.75, 3.05) is 0 Å². The van der Waals surface area contributed by atoms with Crippen LogP contribution in [0.4, 0.5) is 0 Å². The number of hydrogen-bond acceptors (Lipinski definition) is 4. The first-order valence-electron chi connectivity index (χ1n) is 10.4. The fourth-order valence-electron chi connectivity index (χ4n) is 3.75. The molecule has 0 aliphatic heterocycles. The summed E-state index contributed by atoms with van der Waals surface area (Å²) in [6.45, 7) is 6.06. The predicted molar refractivity (Wildman–Crippen MR) is 124 cm³/mol. The highest BCUT2D eigenvalue weighted by Gasteiger charge is 2.19. The molecule has 0 atom stereocenters. The van der Waals surface area contributed by atoms with Gasteiger partial charge in [0.05, 0.1) is 17.4 Å². The molecule has 32 heavy (non-hydrogen) atoms. The smallest absolute Gasteiger partial charge is 0.352 e. The van der Waals surface area contributed by atoms with Crippen LogP contribution in [-0.2, 0) is 17.9 Å². The Morgan fingerprint density at radius 2 is 1.91 bits per heavy atom. The molecule has 0 saturated heterocycles. The van der Waals surface area contributed by atoms with Crippen LogP contribution in [0.1, 0.15) is 31.4 Å². The van der Waals surface area contributed by atoms with Gasteiger partial charge < -0.3 is 5.32 Å². The summed E-state index contributed by atoms with van der Waals surface area (Å²) in [5.41, 5.74) is 1.71. The molecule has 0 saturated carbocycles. The van der Waals surface area contributed by atoms with Crippen molar-refractivity contribution in [1.82, 2.24) is 24.1 Å². The lowest BCUT2D eigenvalue weighted by atomic mass is 10.1. The van der Waals surface area contributed by atoms with E-state index >= 15 is 0 Å². The first-order chi connectivity index (χ1) is 15.3. The zero-order valence-electron chi connectivity index (χ0n) is 18.1. The SMILES string of the molecule is Cc1ccccc1Cn1nc2n(CCC(=O)NC(C)C)c(=O)c3cc(Cl)ccc3n2c1=O. The van der Waals surface area contributed by atoms with Crippen LogP contribution in [0.15, 0.2) is 52.1 Å². The highest BCUT2D eigenvalue weighted by atomic mass is 35.5. The Morgan fingerprint density at radius 1 is 1.16 bits per heavy atom. The fraction of sp³-hybridized carbons (Fsp3) is 0.304. The van der Waals surface area contributed by atoms with Crippen molar-refractivity contribution in [2.45, 2.75) is 46.3 Å². The maximum atomic E-state index is 13.3. The van der Waals surface area contributed by atoms with Crippen molar-refractivity contribution < 1.29 is 4.79 Å². The lowest BCUT2D eigenvalue weighted by Crippen LogP contribution is -2.32. The van der Waals surface area contributed by atoms with Crippen molar-refractivity contribution in [1.29, 1.82) is 0 Å². The van der Waals surface area contributed by atoms with Crippen LogP contribution in [-0.4, -0.2) is 30.7 Å². The van der Waals surface area contributed by atoms with Crippen LogP contribution in [0.2, 0.25) is 5.02 Å². The van der Waals surface area contributed by atoms with Gasteiger partial charge in [-0.2, -0.15) is 0 Å². The highest BCUT2D eigenvalue weighted by molar-refractivity contribution is 6.31. The van der Waals surface area contributed by atoms with E-state index in [4.69, 9.17) is 11.6 Å². The molecule has 2 aromatic carbocycles. The van der Waals surface area contributed by atoms with Gasteiger partial charge in [-0.1, -0.05) is 35.9 Å². The number of aromatic nitrogens is 4. The second-order valence-corrected chi connectivity index (χ2v) is 8.53. The summed E-state index contributed by atoms with van der Waals surface area (Å²) in [7, 11) is 0. The van der Waals surface area contributed by atoms with Crippen molar-refractivity contribution >= 4 is 34.2 Å². The van der Waals surface area contributed by atoms with Gasteiger partial charge in [0.15, 0.2) is 0 Å². The van der Waals surface area contributed by atoms with Gasteiger partial charge in [0.1, 0.15) is 0 Å². The van der Waals surface area contributed by atoms with E-state index in [0.29, 0.717) is 15.9 Å². The number of rotatable bonds is 6. The number of carbonyl (C=O) groups excluding carboxylic acids is 1. The van der Waals surface area contributed by atoms with Crippen LogP contribution in [0.25, 0.3) is 16.7 Å². The van der Waals surface area contributed by atoms with E-state index in [2.05, 4.69) is 10.4 Å². The summed E-state index contributed by atoms with van der Waals surface area (Å²) in [5, 5.41) is 7.98. The van der Waals surface area contributed by atoms with E-state index in [1.165, 1.54) is 19.7 Å². The van der Waals surface area contributed by atoms with Crippen LogP contribution in [0.3, 0.4) is 0 Å². The third-order valence-corrected chi connectivity index (χ3v) is 5.57. The van der Waals surface area contributed by atoms with Crippen molar-refractivity contribution in [3.8, 4) is 0 Å². The number of amides is 1. The summed E-state index contributed by atoms with van der Waals surface area (Å²) in [4.78, 5) is 38.8. The van der Waals surface area contributed by atoms with Gasteiger partial charge in [-0.05, 0) is 50.1 Å². The standard InChI is InChI=1S/C23H24ClN5O3/c1-14(2)25-20(30)10-11-27-21(31)18-12-17(24)8-9-19(18)29-22(27)26-28(23(29)32)13-16-7-5-4-6-15(16)3/h4-9,12,14H,10-11,13H2,1-3H3,(H,25,30). The predicted octanol–water partition coefficient (Wildman–Crippen LogP) is 2.74.